The molecular weight excluding hydrogens is 212 g/mol. The van der Waals surface area contributed by atoms with Crippen LogP contribution in [0.25, 0.3) is 0 Å². The van der Waals surface area contributed by atoms with E-state index in [-0.39, 0.29) is 12.6 Å². The fourth-order valence-electron chi connectivity index (χ4n) is 1.37. The van der Waals surface area contributed by atoms with Crippen LogP contribution in [0, 0.1) is 0 Å². The Labute approximate surface area is 95.8 Å². The van der Waals surface area contributed by atoms with E-state index >= 15 is 0 Å². The minimum atomic E-state index is -0.316. The van der Waals surface area contributed by atoms with Crippen LogP contribution in [0.3, 0.4) is 0 Å². The molecule has 0 radical (unpaired) electrons. The van der Waals surface area contributed by atoms with Crippen molar-refractivity contribution in [1.82, 2.24) is 10.2 Å². The van der Waals surface area contributed by atoms with Crippen molar-refractivity contribution in [2.24, 2.45) is 0 Å². The maximum absolute atomic E-state index is 11.2. The lowest BCUT2D eigenvalue weighted by molar-refractivity contribution is -0.149. The summed E-state index contributed by atoms with van der Waals surface area (Å²) in [5, 5.41) is 3.21. The number of carbonyl (C=O) groups is 1. The predicted octanol–water partition coefficient (Wildman–Crippen LogP) is -0.945. The Morgan fingerprint density at radius 3 is 2.94 bits per heavy atom. The second-order valence-electron chi connectivity index (χ2n) is 3.54. The van der Waals surface area contributed by atoms with Gasteiger partial charge < -0.3 is 19.5 Å². The first-order valence-corrected chi connectivity index (χ1v) is 5.48. The molecule has 1 fully saturated rings. The van der Waals surface area contributed by atoms with Gasteiger partial charge in [0.05, 0.1) is 13.2 Å². The standard InChI is InChI=1S/C10H20N2O4/c1-14-6-7-15-8-10(13)16-5-4-12-3-2-11-9-12/h11H,2-9H2,1H3. The minimum absolute atomic E-state index is 0.00160. The molecule has 6 heteroatoms. The largest absolute Gasteiger partial charge is 0.463 e. The zero-order valence-corrected chi connectivity index (χ0v) is 9.74. The molecular formula is C10H20N2O4. The predicted molar refractivity (Wildman–Crippen MR) is 58.1 cm³/mol. The van der Waals surface area contributed by atoms with Gasteiger partial charge in [-0.25, -0.2) is 4.79 Å². The quantitative estimate of drug-likeness (QED) is 0.430. The molecule has 1 aliphatic rings. The summed E-state index contributed by atoms with van der Waals surface area (Å²) in [6.07, 6.45) is 0. The van der Waals surface area contributed by atoms with Gasteiger partial charge in [-0.05, 0) is 0 Å². The molecule has 0 aromatic heterocycles. The molecule has 1 aliphatic heterocycles. The summed E-state index contributed by atoms with van der Waals surface area (Å²) in [4.78, 5) is 13.4. The van der Waals surface area contributed by atoms with Crippen molar-refractivity contribution in [3.8, 4) is 0 Å². The smallest absolute Gasteiger partial charge is 0.332 e. The maximum Gasteiger partial charge on any atom is 0.332 e. The summed E-state index contributed by atoms with van der Waals surface area (Å²) in [7, 11) is 1.59. The Bertz CT molecular complexity index is 195. The highest BCUT2D eigenvalue weighted by atomic mass is 16.6. The number of methoxy groups -OCH3 is 1. The average Bonchev–Trinajstić information content (AvgIpc) is 2.77. The van der Waals surface area contributed by atoms with Crippen LogP contribution in [0.15, 0.2) is 0 Å². The number of rotatable bonds is 8. The molecule has 0 atom stereocenters. The summed E-state index contributed by atoms with van der Waals surface area (Å²) >= 11 is 0. The number of hydrogen-bond acceptors (Lipinski definition) is 6. The molecule has 0 amide bonds. The first-order valence-electron chi connectivity index (χ1n) is 5.48. The van der Waals surface area contributed by atoms with Crippen LogP contribution in [0.5, 0.6) is 0 Å². The van der Waals surface area contributed by atoms with E-state index in [0.29, 0.717) is 19.8 Å². The summed E-state index contributed by atoms with van der Waals surface area (Å²) in [5.74, 6) is -0.316. The van der Waals surface area contributed by atoms with Crippen LogP contribution >= 0.6 is 0 Å². The van der Waals surface area contributed by atoms with E-state index in [0.717, 1.165) is 26.3 Å². The van der Waals surface area contributed by atoms with Crippen molar-refractivity contribution < 1.29 is 19.0 Å². The molecule has 1 saturated heterocycles. The van der Waals surface area contributed by atoms with Crippen LogP contribution in [-0.4, -0.2) is 70.7 Å². The van der Waals surface area contributed by atoms with Gasteiger partial charge in [0, 0.05) is 33.4 Å². The number of carbonyl (C=O) groups excluding carboxylic acids is 1. The third-order valence-electron chi connectivity index (χ3n) is 2.26. The Morgan fingerprint density at radius 1 is 1.38 bits per heavy atom. The highest BCUT2D eigenvalue weighted by Crippen LogP contribution is 1.92. The number of ether oxygens (including phenoxy) is 3. The molecule has 16 heavy (non-hydrogen) atoms. The third-order valence-corrected chi connectivity index (χ3v) is 2.26. The van der Waals surface area contributed by atoms with E-state index in [1.54, 1.807) is 7.11 Å². The Morgan fingerprint density at radius 2 is 2.25 bits per heavy atom. The van der Waals surface area contributed by atoms with E-state index in [9.17, 15) is 4.79 Å². The van der Waals surface area contributed by atoms with E-state index < -0.39 is 0 Å². The van der Waals surface area contributed by atoms with E-state index in [1.807, 2.05) is 0 Å². The van der Waals surface area contributed by atoms with E-state index in [2.05, 4.69) is 10.2 Å². The van der Waals surface area contributed by atoms with Gasteiger partial charge in [0.1, 0.15) is 13.2 Å². The second-order valence-corrected chi connectivity index (χ2v) is 3.54. The molecule has 6 nitrogen and oxygen atoms in total. The fraction of sp³-hybridized carbons (Fsp3) is 0.900. The van der Waals surface area contributed by atoms with Crippen LogP contribution in [0.1, 0.15) is 0 Å². The summed E-state index contributed by atoms with van der Waals surface area (Å²) in [6.45, 7) is 5.01. The molecule has 0 aromatic carbocycles. The topological polar surface area (TPSA) is 60.0 Å². The Balaban J connectivity index is 1.89. The zero-order valence-electron chi connectivity index (χ0n) is 9.74. The van der Waals surface area contributed by atoms with Crippen LogP contribution in [0.4, 0.5) is 0 Å². The molecule has 0 spiro atoms. The molecule has 0 unspecified atom stereocenters. The van der Waals surface area contributed by atoms with Crippen molar-refractivity contribution in [1.29, 1.82) is 0 Å². The van der Waals surface area contributed by atoms with Crippen molar-refractivity contribution >= 4 is 5.97 Å². The lowest BCUT2D eigenvalue weighted by Crippen LogP contribution is -2.28. The SMILES string of the molecule is COCCOCC(=O)OCCN1CCNC1. The van der Waals surface area contributed by atoms with Crippen LogP contribution in [0.2, 0.25) is 0 Å². The normalized spacial score (nSPS) is 16.6. The highest BCUT2D eigenvalue weighted by molar-refractivity contribution is 5.70. The van der Waals surface area contributed by atoms with Gasteiger partial charge in [0.25, 0.3) is 0 Å². The lowest BCUT2D eigenvalue weighted by atomic mass is 10.5. The van der Waals surface area contributed by atoms with E-state index in [1.165, 1.54) is 0 Å². The molecule has 94 valence electrons. The monoisotopic (exact) mass is 232 g/mol. The van der Waals surface area contributed by atoms with Crippen LogP contribution in [-0.2, 0) is 19.0 Å². The van der Waals surface area contributed by atoms with Gasteiger partial charge in [-0.3, -0.25) is 4.90 Å². The second kappa shape index (κ2) is 8.46. The number of hydrogen-bond donors (Lipinski definition) is 1. The Hall–Kier alpha value is -0.690. The third kappa shape index (κ3) is 6.02. The molecule has 0 saturated carbocycles. The van der Waals surface area contributed by atoms with Crippen molar-refractivity contribution in [3.05, 3.63) is 0 Å². The molecule has 0 aliphatic carbocycles. The van der Waals surface area contributed by atoms with Crippen molar-refractivity contribution in [2.75, 3.05) is 59.8 Å². The van der Waals surface area contributed by atoms with Crippen LogP contribution < -0.4 is 5.32 Å². The fourth-order valence-corrected chi connectivity index (χ4v) is 1.37. The first kappa shape index (κ1) is 13.4. The van der Waals surface area contributed by atoms with Gasteiger partial charge in [-0.15, -0.1) is 0 Å². The molecule has 1 rings (SSSR count). The van der Waals surface area contributed by atoms with Crippen molar-refractivity contribution in [2.45, 2.75) is 0 Å². The molecule has 1 N–H and O–H groups in total. The first-order chi connectivity index (χ1) is 7.83. The summed E-state index contributed by atoms with van der Waals surface area (Å²) < 4.78 is 14.8. The number of esters is 1. The van der Waals surface area contributed by atoms with E-state index in [4.69, 9.17) is 14.2 Å². The van der Waals surface area contributed by atoms with Gasteiger partial charge in [-0.2, -0.15) is 0 Å². The summed E-state index contributed by atoms with van der Waals surface area (Å²) in [5.41, 5.74) is 0. The van der Waals surface area contributed by atoms with Gasteiger partial charge in [0.2, 0.25) is 0 Å². The highest BCUT2D eigenvalue weighted by Gasteiger charge is 2.11. The minimum Gasteiger partial charge on any atom is -0.463 e. The summed E-state index contributed by atoms with van der Waals surface area (Å²) in [6, 6.07) is 0. The number of nitrogens with one attached hydrogen (secondary N) is 1. The molecule has 1 heterocycles. The average molecular weight is 232 g/mol. The molecule has 0 bridgehead atoms. The van der Waals surface area contributed by atoms with Gasteiger partial charge in [0.15, 0.2) is 0 Å². The van der Waals surface area contributed by atoms with Gasteiger partial charge >= 0.3 is 5.97 Å². The van der Waals surface area contributed by atoms with Gasteiger partial charge in [-0.1, -0.05) is 0 Å². The Kier molecular flexibility index (Phi) is 7.07. The van der Waals surface area contributed by atoms with Crippen molar-refractivity contribution in [3.63, 3.8) is 0 Å². The number of nitrogens with zero attached hydrogens (tertiary/aromatic N) is 1. The lowest BCUT2D eigenvalue weighted by Gasteiger charge is -2.13. The molecule has 0 aromatic rings. The zero-order chi connectivity index (χ0) is 11.6. The maximum atomic E-state index is 11.2.